The van der Waals surface area contributed by atoms with Crippen LogP contribution in [-0.2, 0) is 9.53 Å². The van der Waals surface area contributed by atoms with Crippen LogP contribution in [0.1, 0.15) is 39.5 Å². The summed E-state index contributed by atoms with van der Waals surface area (Å²) in [5.74, 6) is 0.297. The third-order valence-corrected chi connectivity index (χ3v) is 4.99. The average Bonchev–Trinajstić information content (AvgIpc) is 2.47. The molecule has 2 unspecified atom stereocenters. The van der Waals surface area contributed by atoms with E-state index in [0.717, 1.165) is 71.6 Å². The fourth-order valence-corrected chi connectivity index (χ4v) is 3.51. The maximum absolute atomic E-state index is 12.7. The van der Waals surface area contributed by atoms with Crippen molar-refractivity contribution in [2.45, 2.75) is 45.1 Å². The van der Waals surface area contributed by atoms with E-state index in [-0.39, 0.29) is 42.2 Å². The van der Waals surface area contributed by atoms with Crippen LogP contribution in [0.3, 0.4) is 0 Å². The van der Waals surface area contributed by atoms with Gasteiger partial charge < -0.3 is 15.4 Å². The zero-order valence-corrected chi connectivity index (χ0v) is 16.1. The smallest absolute Gasteiger partial charge is 0.227 e. The van der Waals surface area contributed by atoms with Crippen molar-refractivity contribution in [1.29, 1.82) is 0 Å². The van der Waals surface area contributed by atoms with E-state index in [0.29, 0.717) is 0 Å². The molecule has 2 atom stereocenters. The minimum Gasteiger partial charge on any atom is -0.380 e. The van der Waals surface area contributed by atoms with Crippen molar-refractivity contribution in [3.8, 4) is 0 Å². The molecule has 1 aliphatic heterocycles. The Morgan fingerprint density at radius 3 is 2.43 bits per heavy atom. The fourth-order valence-electron chi connectivity index (χ4n) is 3.51. The van der Waals surface area contributed by atoms with Gasteiger partial charge in [-0.25, -0.2) is 0 Å². The third kappa shape index (κ3) is 6.39. The number of nitrogens with two attached hydrogens (primary N) is 1. The maximum Gasteiger partial charge on any atom is 0.227 e. The molecule has 138 valence electrons. The van der Waals surface area contributed by atoms with Gasteiger partial charge in [-0.2, -0.15) is 0 Å². The molecule has 7 heteroatoms. The molecule has 2 N–H and O–H groups in total. The van der Waals surface area contributed by atoms with Gasteiger partial charge in [-0.05, 0) is 26.7 Å². The lowest BCUT2D eigenvalue weighted by molar-refractivity contribution is -0.140. The zero-order chi connectivity index (χ0) is 15.3. The van der Waals surface area contributed by atoms with Crippen LogP contribution in [0.5, 0.6) is 0 Å². The number of hydrogen-bond donors (Lipinski definition) is 1. The minimum absolute atomic E-state index is 0. The Morgan fingerprint density at radius 1 is 1.22 bits per heavy atom. The number of carbonyl (C=O) groups excluding carboxylic acids is 1. The predicted molar refractivity (Wildman–Crippen MR) is 98.6 cm³/mol. The van der Waals surface area contributed by atoms with Crippen LogP contribution in [0.25, 0.3) is 0 Å². The number of ether oxygens (including phenoxy) is 1. The van der Waals surface area contributed by atoms with Gasteiger partial charge in [0.15, 0.2) is 0 Å². The standard InChI is InChI=1S/C16H31N3O2.2ClH/c1-3-21-13-12-18-8-10-19(11-9-18)15(20)14-6-4-5-7-16(14,2)17;;/h14H,3-13,17H2,1-2H3;2*1H. The van der Waals surface area contributed by atoms with Gasteiger partial charge in [0, 0.05) is 44.9 Å². The highest BCUT2D eigenvalue weighted by Crippen LogP contribution is 2.33. The SMILES string of the molecule is CCOCCN1CCN(C(=O)C2CCCCC2(C)N)CC1.Cl.Cl. The van der Waals surface area contributed by atoms with Crippen LogP contribution in [0.2, 0.25) is 0 Å². The molecule has 1 amide bonds. The molecule has 0 radical (unpaired) electrons. The number of carbonyl (C=O) groups is 1. The molecular weight excluding hydrogens is 337 g/mol. The Balaban J connectivity index is 0.00000242. The Morgan fingerprint density at radius 2 is 1.87 bits per heavy atom. The molecule has 0 aromatic rings. The summed E-state index contributed by atoms with van der Waals surface area (Å²) in [5, 5.41) is 0. The van der Waals surface area contributed by atoms with Gasteiger partial charge in [-0.3, -0.25) is 9.69 Å². The van der Waals surface area contributed by atoms with Crippen molar-refractivity contribution < 1.29 is 9.53 Å². The summed E-state index contributed by atoms with van der Waals surface area (Å²) in [6.07, 6.45) is 4.22. The maximum atomic E-state index is 12.7. The van der Waals surface area contributed by atoms with E-state index in [4.69, 9.17) is 10.5 Å². The van der Waals surface area contributed by atoms with Crippen molar-refractivity contribution in [2.24, 2.45) is 11.7 Å². The Labute approximate surface area is 153 Å². The highest BCUT2D eigenvalue weighted by molar-refractivity contribution is 5.85. The first-order valence-corrected chi connectivity index (χ1v) is 8.42. The molecule has 1 heterocycles. The van der Waals surface area contributed by atoms with E-state index in [1.807, 2.05) is 18.7 Å². The summed E-state index contributed by atoms with van der Waals surface area (Å²) >= 11 is 0. The highest BCUT2D eigenvalue weighted by atomic mass is 35.5. The summed E-state index contributed by atoms with van der Waals surface area (Å²) < 4.78 is 5.39. The topological polar surface area (TPSA) is 58.8 Å². The van der Waals surface area contributed by atoms with Crippen molar-refractivity contribution in [3.05, 3.63) is 0 Å². The van der Waals surface area contributed by atoms with Gasteiger partial charge in [-0.1, -0.05) is 12.8 Å². The van der Waals surface area contributed by atoms with Crippen molar-refractivity contribution in [3.63, 3.8) is 0 Å². The molecule has 0 bridgehead atoms. The molecule has 1 saturated heterocycles. The van der Waals surface area contributed by atoms with E-state index in [2.05, 4.69) is 4.90 Å². The number of rotatable bonds is 5. The molecule has 1 aliphatic carbocycles. The van der Waals surface area contributed by atoms with Crippen LogP contribution in [0.15, 0.2) is 0 Å². The van der Waals surface area contributed by atoms with Crippen LogP contribution < -0.4 is 5.73 Å². The minimum atomic E-state index is -0.318. The van der Waals surface area contributed by atoms with E-state index in [1.165, 1.54) is 0 Å². The summed E-state index contributed by atoms with van der Waals surface area (Å²) in [5.41, 5.74) is 6.05. The molecular formula is C16H33Cl2N3O2. The summed E-state index contributed by atoms with van der Waals surface area (Å²) in [7, 11) is 0. The van der Waals surface area contributed by atoms with E-state index >= 15 is 0 Å². The van der Waals surface area contributed by atoms with Crippen LogP contribution in [-0.4, -0.2) is 67.2 Å². The van der Waals surface area contributed by atoms with E-state index in [1.54, 1.807) is 0 Å². The van der Waals surface area contributed by atoms with Gasteiger partial charge in [-0.15, -0.1) is 24.8 Å². The van der Waals surface area contributed by atoms with Gasteiger partial charge in [0.1, 0.15) is 0 Å². The third-order valence-electron chi connectivity index (χ3n) is 4.99. The first-order chi connectivity index (χ1) is 10.0. The van der Waals surface area contributed by atoms with Crippen LogP contribution >= 0.6 is 24.8 Å². The lowest BCUT2D eigenvalue weighted by atomic mass is 9.74. The summed E-state index contributed by atoms with van der Waals surface area (Å²) in [6, 6.07) is 0. The zero-order valence-electron chi connectivity index (χ0n) is 14.5. The fraction of sp³-hybridized carbons (Fsp3) is 0.938. The quantitative estimate of drug-likeness (QED) is 0.752. The Bertz CT molecular complexity index is 348. The number of piperazine rings is 1. The van der Waals surface area contributed by atoms with Crippen LogP contribution in [0, 0.1) is 5.92 Å². The van der Waals surface area contributed by atoms with Gasteiger partial charge in [0.25, 0.3) is 0 Å². The lowest BCUT2D eigenvalue weighted by Gasteiger charge is -2.42. The van der Waals surface area contributed by atoms with Gasteiger partial charge >= 0.3 is 0 Å². The second-order valence-electron chi connectivity index (χ2n) is 6.67. The number of amides is 1. The number of nitrogens with zero attached hydrogens (tertiary/aromatic N) is 2. The Hall–Kier alpha value is -0.0700. The largest absolute Gasteiger partial charge is 0.380 e. The van der Waals surface area contributed by atoms with E-state index in [9.17, 15) is 4.79 Å². The van der Waals surface area contributed by atoms with Gasteiger partial charge in [0.05, 0.1) is 12.5 Å². The monoisotopic (exact) mass is 369 g/mol. The number of halogens is 2. The first-order valence-electron chi connectivity index (χ1n) is 8.42. The molecule has 2 aliphatic rings. The normalized spacial score (nSPS) is 28.7. The molecule has 2 rings (SSSR count). The number of hydrogen-bond acceptors (Lipinski definition) is 4. The summed E-state index contributed by atoms with van der Waals surface area (Å²) in [4.78, 5) is 17.1. The highest BCUT2D eigenvalue weighted by Gasteiger charge is 2.40. The molecule has 0 aromatic carbocycles. The van der Waals surface area contributed by atoms with Crippen molar-refractivity contribution in [2.75, 3.05) is 45.9 Å². The first kappa shape index (κ1) is 22.9. The summed E-state index contributed by atoms with van der Waals surface area (Å²) in [6.45, 7) is 10.2. The second-order valence-corrected chi connectivity index (χ2v) is 6.67. The molecule has 5 nitrogen and oxygen atoms in total. The second kappa shape index (κ2) is 10.7. The van der Waals surface area contributed by atoms with E-state index < -0.39 is 0 Å². The lowest BCUT2D eigenvalue weighted by Crippen LogP contribution is -2.57. The van der Waals surface area contributed by atoms with Crippen molar-refractivity contribution in [1.82, 2.24) is 9.80 Å². The predicted octanol–water partition coefficient (Wildman–Crippen LogP) is 1.92. The molecule has 1 saturated carbocycles. The van der Waals surface area contributed by atoms with Gasteiger partial charge in [0.2, 0.25) is 5.91 Å². The van der Waals surface area contributed by atoms with Crippen LogP contribution in [0.4, 0.5) is 0 Å². The molecule has 23 heavy (non-hydrogen) atoms. The molecule has 0 spiro atoms. The molecule has 0 aromatic heterocycles. The average molecular weight is 370 g/mol. The van der Waals surface area contributed by atoms with Crippen molar-refractivity contribution >= 4 is 30.7 Å². The molecule has 2 fully saturated rings. The Kier molecular flexibility index (Phi) is 10.7.